The SMILES string of the molecule is COc1ccc(-c2noc(COC(=O)c3ccc(C)o3)n2)cc1. The molecule has 0 amide bonds. The molecule has 3 aromatic rings. The molecule has 1 aromatic carbocycles. The van der Waals surface area contributed by atoms with E-state index >= 15 is 0 Å². The molecular formula is C16H14N2O5. The maximum atomic E-state index is 11.8. The maximum Gasteiger partial charge on any atom is 0.374 e. The molecule has 0 aliphatic rings. The van der Waals surface area contributed by atoms with Crippen LogP contribution < -0.4 is 4.74 Å². The van der Waals surface area contributed by atoms with Gasteiger partial charge in [0.1, 0.15) is 11.5 Å². The van der Waals surface area contributed by atoms with Crippen LogP contribution in [0.2, 0.25) is 0 Å². The predicted molar refractivity (Wildman–Crippen MR) is 78.9 cm³/mol. The summed E-state index contributed by atoms with van der Waals surface area (Å²) in [6.45, 7) is 1.62. The second-order valence-corrected chi connectivity index (χ2v) is 4.73. The number of benzene rings is 1. The van der Waals surface area contributed by atoms with E-state index in [-0.39, 0.29) is 18.3 Å². The van der Waals surface area contributed by atoms with Crippen LogP contribution in [0.4, 0.5) is 0 Å². The Labute approximate surface area is 131 Å². The highest BCUT2D eigenvalue weighted by atomic mass is 16.6. The van der Waals surface area contributed by atoms with Crippen LogP contribution in [-0.2, 0) is 11.3 Å². The zero-order valence-corrected chi connectivity index (χ0v) is 12.6. The van der Waals surface area contributed by atoms with Crippen LogP contribution in [-0.4, -0.2) is 23.2 Å². The summed E-state index contributed by atoms with van der Waals surface area (Å²) in [4.78, 5) is 15.9. The number of hydrogen-bond donors (Lipinski definition) is 0. The number of aromatic nitrogens is 2. The first-order valence-electron chi connectivity index (χ1n) is 6.86. The summed E-state index contributed by atoms with van der Waals surface area (Å²) in [5, 5.41) is 3.86. The lowest BCUT2D eigenvalue weighted by Crippen LogP contribution is -2.04. The maximum absolute atomic E-state index is 11.8. The van der Waals surface area contributed by atoms with E-state index in [2.05, 4.69) is 10.1 Å². The number of aryl methyl sites for hydroxylation is 1. The van der Waals surface area contributed by atoms with E-state index in [1.165, 1.54) is 0 Å². The number of rotatable bonds is 5. The van der Waals surface area contributed by atoms with Crippen molar-refractivity contribution in [2.45, 2.75) is 13.5 Å². The van der Waals surface area contributed by atoms with Crippen LogP contribution in [0.3, 0.4) is 0 Å². The van der Waals surface area contributed by atoms with Gasteiger partial charge >= 0.3 is 5.97 Å². The first-order valence-corrected chi connectivity index (χ1v) is 6.86. The lowest BCUT2D eigenvalue weighted by atomic mass is 10.2. The van der Waals surface area contributed by atoms with Crippen molar-refractivity contribution in [1.82, 2.24) is 10.1 Å². The molecule has 118 valence electrons. The van der Waals surface area contributed by atoms with Gasteiger partial charge in [0.15, 0.2) is 6.61 Å². The highest BCUT2D eigenvalue weighted by molar-refractivity contribution is 5.86. The minimum Gasteiger partial charge on any atom is -0.497 e. The number of carbonyl (C=O) groups excluding carboxylic acids is 1. The molecule has 2 heterocycles. The van der Waals surface area contributed by atoms with Crippen molar-refractivity contribution in [3.8, 4) is 17.1 Å². The molecule has 0 saturated carbocycles. The molecule has 7 heteroatoms. The highest BCUT2D eigenvalue weighted by Gasteiger charge is 2.15. The fraction of sp³-hybridized carbons (Fsp3) is 0.188. The molecular weight excluding hydrogens is 300 g/mol. The smallest absolute Gasteiger partial charge is 0.374 e. The van der Waals surface area contributed by atoms with Gasteiger partial charge in [-0.2, -0.15) is 4.98 Å². The van der Waals surface area contributed by atoms with Crippen LogP contribution in [0.25, 0.3) is 11.4 Å². The standard InChI is InChI=1S/C16H14N2O5/c1-10-3-8-13(22-10)16(19)21-9-14-17-15(18-23-14)11-4-6-12(20-2)7-5-11/h3-8H,9H2,1-2H3. The number of esters is 1. The quantitative estimate of drug-likeness (QED) is 0.669. The summed E-state index contributed by atoms with van der Waals surface area (Å²) >= 11 is 0. The van der Waals surface area contributed by atoms with Crippen molar-refractivity contribution in [2.75, 3.05) is 7.11 Å². The Hall–Kier alpha value is -3.09. The number of methoxy groups -OCH3 is 1. The minimum atomic E-state index is -0.581. The molecule has 0 spiro atoms. The van der Waals surface area contributed by atoms with Gasteiger partial charge in [0.2, 0.25) is 11.6 Å². The summed E-state index contributed by atoms with van der Waals surface area (Å²) in [6.07, 6.45) is 0. The Morgan fingerprint density at radius 2 is 1.96 bits per heavy atom. The molecule has 0 radical (unpaired) electrons. The van der Waals surface area contributed by atoms with Gasteiger partial charge in [0, 0.05) is 5.56 Å². The number of hydrogen-bond acceptors (Lipinski definition) is 7. The van der Waals surface area contributed by atoms with Crippen LogP contribution in [0.15, 0.2) is 45.3 Å². The van der Waals surface area contributed by atoms with Crippen molar-refractivity contribution >= 4 is 5.97 Å². The lowest BCUT2D eigenvalue weighted by molar-refractivity contribution is 0.0392. The lowest BCUT2D eigenvalue weighted by Gasteiger charge is -1.99. The number of furan rings is 1. The molecule has 23 heavy (non-hydrogen) atoms. The minimum absolute atomic E-state index is 0.123. The number of carbonyl (C=O) groups is 1. The van der Waals surface area contributed by atoms with Gasteiger partial charge in [0.25, 0.3) is 5.89 Å². The van der Waals surface area contributed by atoms with Gasteiger partial charge in [-0.3, -0.25) is 0 Å². The third-order valence-corrected chi connectivity index (χ3v) is 3.08. The van der Waals surface area contributed by atoms with Crippen LogP contribution >= 0.6 is 0 Å². The van der Waals surface area contributed by atoms with E-state index in [0.717, 1.165) is 11.3 Å². The molecule has 2 aromatic heterocycles. The zero-order chi connectivity index (χ0) is 16.2. The summed E-state index contributed by atoms with van der Waals surface area (Å²) in [5.41, 5.74) is 0.772. The van der Waals surface area contributed by atoms with E-state index < -0.39 is 5.97 Å². The molecule has 0 bridgehead atoms. The van der Waals surface area contributed by atoms with Crippen molar-refractivity contribution in [3.05, 3.63) is 53.8 Å². The van der Waals surface area contributed by atoms with Crippen LogP contribution in [0.1, 0.15) is 22.2 Å². The third-order valence-electron chi connectivity index (χ3n) is 3.08. The summed E-state index contributed by atoms with van der Waals surface area (Å²) in [5.74, 6) is 1.54. The van der Waals surface area contributed by atoms with Crippen molar-refractivity contribution in [3.63, 3.8) is 0 Å². The van der Waals surface area contributed by atoms with Crippen LogP contribution in [0.5, 0.6) is 5.75 Å². The van der Waals surface area contributed by atoms with E-state index in [9.17, 15) is 4.79 Å². The molecule has 3 rings (SSSR count). The number of nitrogens with zero attached hydrogens (tertiary/aromatic N) is 2. The largest absolute Gasteiger partial charge is 0.497 e. The zero-order valence-electron chi connectivity index (χ0n) is 12.6. The molecule has 0 unspecified atom stereocenters. The topological polar surface area (TPSA) is 87.6 Å². The van der Waals surface area contributed by atoms with Crippen molar-refractivity contribution in [1.29, 1.82) is 0 Å². The first kappa shape index (κ1) is 14.8. The Balaban J connectivity index is 1.63. The van der Waals surface area contributed by atoms with E-state index in [4.69, 9.17) is 18.4 Å². The van der Waals surface area contributed by atoms with E-state index in [1.54, 1.807) is 38.3 Å². The molecule has 0 saturated heterocycles. The Morgan fingerprint density at radius 1 is 1.17 bits per heavy atom. The first-order chi connectivity index (χ1) is 11.2. The molecule has 0 N–H and O–H groups in total. The summed E-state index contributed by atoms with van der Waals surface area (Å²) < 4.78 is 20.4. The fourth-order valence-electron chi connectivity index (χ4n) is 1.91. The van der Waals surface area contributed by atoms with Gasteiger partial charge in [-0.1, -0.05) is 5.16 Å². The van der Waals surface area contributed by atoms with Crippen molar-refractivity contribution in [2.24, 2.45) is 0 Å². The average Bonchev–Trinajstić information content (AvgIpc) is 3.22. The van der Waals surface area contributed by atoms with Gasteiger partial charge in [-0.15, -0.1) is 0 Å². The second-order valence-electron chi connectivity index (χ2n) is 4.73. The Morgan fingerprint density at radius 3 is 2.61 bits per heavy atom. The Kier molecular flexibility index (Phi) is 4.09. The second kappa shape index (κ2) is 6.35. The monoisotopic (exact) mass is 314 g/mol. The summed E-state index contributed by atoms with van der Waals surface area (Å²) in [6, 6.07) is 10.4. The molecule has 7 nitrogen and oxygen atoms in total. The normalized spacial score (nSPS) is 10.5. The molecule has 0 fully saturated rings. The van der Waals surface area contributed by atoms with Crippen LogP contribution in [0, 0.1) is 6.92 Å². The predicted octanol–water partition coefficient (Wildman–Crippen LogP) is 3.00. The average molecular weight is 314 g/mol. The third kappa shape index (κ3) is 3.39. The fourth-order valence-corrected chi connectivity index (χ4v) is 1.91. The van der Waals surface area contributed by atoms with E-state index in [1.807, 2.05) is 12.1 Å². The van der Waals surface area contributed by atoms with Gasteiger partial charge in [-0.25, -0.2) is 4.79 Å². The Bertz CT molecular complexity index is 804. The number of ether oxygens (including phenoxy) is 2. The molecule has 0 aliphatic carbocycles. The van der Waals surface area contributed by atoms with Gasteiger partial charge in [0.05, 0.1) is 7.11 Å². The van der Waals surface area contributed by atoms with Crippen molar-refractivity contribution < 1.29 is 23.2 Å². The van der Waals surface area contributed by atoms with Gasteiger partial charge in [-0.05, 0) is 43.3 Å². The van der Waals surface area contributed by atoms with E-state index in [0.29, 0.717) is 11.6 Å². The summed E-state index contributed by atoms with van der Waals surface area (Å²) in [7, 11) is 1.59. The molecule has 0 aliphatic heterocycles. The molecule has 0 atom stereocenters. The highest BCUT2D eigenvalue weighted by Crippen LogP contribution is 2.20. The van der Waals surface area contributed by atoms with Gasteiger partial charge < -0.3 is 18.4 Å².